The molecule has 0 bridgehead atoms. The number of aliphatic carboxylic acids is 1. The Bertz CT molecular complexity index is 812. The molecule has 1 N–H and O–H groups in total. The predicted octanol–water partition coefficient (Wildman–Crippen LogP) is 5.12. The second kappa shape index (κ2) is 10.2. The van der Waals surface area contributed by atoms with E-state index in [1.54, 1.807) is 6.08 Å². The highest BCUT2D eigenvalue weighted by Gasteiger charge is 2.13. The number of ether oxygens (including phenoxy) is 1. The summed E-state index contributed by atoms with van der Waals surface area (Å²) in [6.07, 6.45) is 6.81. The fourth-order valence-electron chi connectivity index (χ4n) is 2.90. The first-order valence-corrected chi connectivity index (χ1v) is 9.72. The van der Waals surface area contributed by atoms with E-state index in [0.29, 0.717) is 18.2 Å². The van der Waals surface area contributed by atoms with Gasteiger partial charge in [-0.2, -0.15) is 0 Å². The highest BCUT2D eigenvalue weighted by molar-refractivity contribution is 6.31. The van der Waals surface area contributed by atoms with Crippen molar-refractivity contribution in [1.82, 2.24) is 9.55 Å². The molecule has 0 aliphatic carbocycles. The zero-order valence-corrected chi connectivity index (χ0v) is 16.9. The summed E-state index contributed by atoms with van der Waals surface area (Å²) in [7, 11) is 0. The average Bonchev–Trinajstić information content (AvgIpc) is 2.94. The second-order valence-corrected chi connectivity index (χ2v) is 6.82. The van der Waals surface area contributed by atoms with Crippen molar-refractivity contribution in [2.45, 2.75) is 53.0 Å². The van der Waals surface area contributed by atoms with Crippen LogP contribution in [0, 0.1) is 6.92 Å². The molecular weight excluding hydrogens is 364 g/mol. The van der Waals surface area contributed by atoms with Gasteiger partial charge in [-0.25, -0.2) is 9.78 Å². The molecule has 0 fully saturated rings. The predicted molar refractivity (Wildman–Crippen MR) is 109 cm³/mol. The third-order valence-corrected chi connectivity index (χ3v) is 4.71. The number of imidazole rings is 1. The van der Waals surface area contributed by atoms with Gasteiger partial charge in [0, 0.05) is 11.1 Å². The summed E-state index contributed by atoms with van der Waals surface area (Å²) < 4.78 is 7.74. The number of unbranched alkanes of at least 4 members (excludes halogenated alkanes) is 2. The van der Waals surface area contributed by atoms with Gasteiger partial charge in [0.25, 0.3) is 0 Å². The van der Waals surface area contributed by atoms with Crippen LogP contribution in [0.15, 0.2) is 24.3 Å². The van der Waals surface area contributed by atoms with E-state index in [1.807, 2.05) is 36.6 Å². The topological polar surface area (TPSA) is 64.4 Å². The second-order valence-electron chi connectivity index (χ2n) is 6.41. The Hall–Kier alpha value is -2.27. The Kier molecular flexibility index (Phi) is 7.92. The van der Waals surface area contributed by atoms with Crippen LogP contribution in [0.3, 0.4) is 0 Å². The number of carboxylic acid groups (broad SMARTS) is 1. The van der Waals surface area contributed by atoms with Crippen LogP contribution in [0.2, 0.25) is 5.02 Å². The van der Waals surface area contributed by atoms with Crippen molar-refractivity contribution in [1.29, 1.82) is 0 Å². The van der Waals surface area contributed by atoms with Crippen LogP contribution in [0.1, 0.15) is 55.9 Å². The smallest absolute Gasteiger partial charge is 0.328 e. The first kappa shape index (κ1) is 21.0. The molecule has 27 heavy (non-hydrogen) atoms. The van der Waals surface area contributed by atoms with Crippen molar-refractivity contribution < 1.29 is 14.6 Å². The quantitative estimate of drug-likeness (QED) is 0.451. The van der Waals surface area contributed by atoms with Crippen molar-refractivity contribution in [2.75, 3.05) is 6.61 Å². The molecule has 0 radical (unpaired) electrons. The average molecular weight is 391 g/mol. The van der Waals surface area contributed by atoms with Crippen molar-refractivity contribution in [3.05, 3.63) is 52.1 Å². The summed E-state index contributed by atoms with van der Waals surface area (Å²) in [5, 5.41) is 9.58. The summed E-state index contributed by atoms with van der Waals surface area (Å²) in [6, 6.07) is 5.71. The number of carboxylic acids is 1. The van der Waals surface area contributed by atoms with E-state index < -0.39 is 5.97 Å². The van der Waals surface area contributed by atoms with Crippen molar-refractivity contribution in [2.24, 2.45) is 0 Å². The van der Waals surface area contributed by atoms with E-state index in [0.717, 1.165) is 60.3 Å². The number of hydrogen-bond acceptors (Lipinski definition) is 3. The Morgan fingerprint density at radius 1 is 1.33 bits per heavy atom. The van der Waals surface area contributed by atoms with Gasteiger partial charge < -0.3 is 14.4 Å². The maximum Gasteiger partial charge on any atom is 0.328 e. The molecule has 2 aromatic rings. The van der Waals surface area contributed by atoms with E-state index in [2.05, 4.69) is 11.9 Å². The fraction of sp³-hybridized carbons (Fsp3) is 0.429. The molecular formula is C21H27ClN2O3. The number of hydrogen-bond donors (Lipinski definition) is 1. The van der Waals surface area contributed by atoms with E-state index >= 15 is 0 Å². The number of halogens is 1. The first-order valence-electron chi connectivity index (χ1n) is 9.34. The molecule has 1 aromatic carbocycles. The molecule has 0 aliphatic rings. The van der Waals surface area contributed by atoms with Crippen molar-refractivity contribution >= 4 is 23.6 Å². The number of benzene rings is 1. The molecule has 0 amide bonds. The Morgan fingerprint density at radius 3 is 2.74 bits per heavy atom. The third-order valence-electron chi connectivity index (χ3n) is 4.36. The lowest BCUT2D eigenvalue weighted by molar-refractivity contribution is -0.131. The molecule has 6 heteroatoms. The van der Waals surface area contributed by atoms with Crippen molar-refractivity contribution in [3.8, 4) is 5.75 Å². The summed E-state index contributed by atoms with van der Waals surface area (Å²) in [5.74, 6) is 0.611. The van der Waals surface area contributed by atoms with Crippen LogP contribution in [0.25, 0.3) is 6.08 Å². The van der Waals surface area contributed by atoms with Gasteiger partial charge in [-0.05, 0) is 43.5 Å². The van der Waals surface area contributed by atoms with Crippen molar-refractivity contribution in [3.63, 3.8) is 0 Å². The molecule has 0 saturated carbocycles. The Morgan fingerprint density at radius 2 is 2.11 bits per heavy atom. The van der Waals surface area contributed by atoms with Crippen LogP contribution in [0.5, 0.6) is 5.75 Å². The van der Waals surface area contributed by atoms with Crippen LogP contribution < -0.4 is 4.74 Å². The van der Waals surface area contributed by atoms with Crippen LogP contribution >= 0.6 is 11.6 Å². The zero-order valence-electron chi connectivity index (χ0n) is 16.2. The largest absolute Gasteiger partial charge is 0.494 e. The van der Waals surface area contributed by atoms with Gasteiger partial charge in [0.1, 0.15) is 11.6 Å². The maximum atomic E-state index is 10.9. The maximum absolute atomic E-state index is 10.9. The summed E-state index contributed by atoms with van der Waals surface area (Å²) in [5.41, 5.74) is 2.61. The number of rotatable bonds is 10. The number of aryl methyl sites for hydroxylation is 2. The minimum absolute atomic E-state index is 0.521. The van der Waals surface area contributed by atoms with E-state index in [-0.39, 0.29) is 0 Å². The number of carbonyl (C=O) groups is 1. The molecule has 146 valence electrons. The highest BCUT2D eigenvalue weighted by Crippen LogP contribution is 2.25. The van der Waals surface area contributed by atoms with Gasteiger partial charge in [-0.15, -0.1) is 0 Å². The van der Waals surface area contributed by atoms with E-state index in [4.69, 9.17) is 21.4 Å². The standard InChI is InChI=1S/C21H27ClN2O3/c1-4-6-7-12-27-17-9-8-16(18(22)13-17)14-24-15(3)23-19(5-2)20(24)10-11-21(25)26/h8-11,13H,4-7,12,14H2,1-3H3,(H,25,26)/b11-10+. The minimum Gasteiger partial charge on any atom is -0.494 e. The SMILES string of the molecule is CCCCCOc1ccc(Cn2c(C)nc(CC)c2/C=C/C(=O)O)c(Cl)c1. The van der Waals surface area contributed by atoms with Gasteiger partial charge in [-0.3, -0.25) is 0 Å². The summed E-state index contributed by atoms with van der Waals surface area (Å²) in [4.78, 5) is 15.5. The van der Waals surface area contributed by atoms with Crippen LogP contribution in [0.4, 0.5) is 0 Å². The van der Waals surface area contributed by atoms with Gasteiger partial charge >= 0.3 is 5.97 Å². The molecule has 1 heterocycles. The fourth-order valence-corrected chi connectivity index (χ4v) is 3.13. The summed E-state index contributed by atoms with van der Waals surface area (Å²) in [6.45, 7) is 7.28. The minimum atomic E-state index is -0.981. The van der Waals surface area contributed by atoms with Gasteiger partial charge in [0.15, 0.2) is 0 Å². The molecule has 0 aliphatic heterocycles. The molecule has 0 spiro atoms. The molecule has 0 unspecified atom stereocenters. The molecule has 2 rings (SSSR count). The molecule has 5 nitrogen and oxygen atoms in total. The lowest BCUT2D eigenvalue weighted by Crippen LogP contribution is -2.06. The van der Waals surface area contributed by atoms with Crippen LogP contribution in [-0.2, 0) is 17.8 Å². The Balaban J connectivity index is 2.21. The first-order chi connectivity index (χ1) is 13.0. The monoisotopic (exact) mass is 390 g/mol. The number of nitrogens with zero attached hydrogens (tertiary/aromatic N) is 2. The lowest BCUT2D eigenvalue weighted by atomic mass is 10.2. The third kappa shape index (κ3) is 5.86. The van der Waals surface area contributed by atoms with E-state index in [9.17, 15) is 4.79 Å². The lowest BCUT2D eigenvalue weighted by Gasteiger charge is -2.12. The molecule has 1 aromatic heterocycles. The van der Waals surface area contributed by atoms with Gasteiger partial charge in [0.05, 0.1) is 24.5 Å². The Labute approximate surface area is 165 Å². The molecule has 0 saturated heterocycles. The normalized spacial score (nSPS) is 11.3. The van der Waals surface area contributed by atoms with E-state index in [1.165, 1.54) is 0 Å². The zero-order chi connectivity index (χ0) is 19.8. The number of aromatic nitrogens is 2. The van der Waals surface area contributed by atoms with Gasteiger partial charge in [-0.1, -0.05) is 44.4 Å². The molecule has 0 atom stereocenters. The highest BCUT2D eigenvalue weighted by atomic mass is 35.5. The van der Waals surface area contributed by atoms with Gasteiger partial charge in [0.2, 0.25) is 0 Å². The van der Waals surface area contributed by atoms with Crippen LogP contribution in [-0.4, -0.2) is 27.2 Å². The summed E-state index contributed by atoms with van der Waals surface area (Å²) >= 11 is 6.47.